The molecule has 1 aliphatic rings. The maximum atomic E-state index is 12.1. The van der Waals surface area contributed by atoms with Crippen molar-refractivity contribution in [3.05, 3.63) is 53.6 Å². The molecule has 0 saturated heterocycles. The fraction of sp³-hybridized carbons (Fsp3) is 0.391. The minimum atomic E-state index is -0.420. The highest BCUT2D eigenvalue weighted by atomic mass is 16.5. The van der Waals surface area contributed by atoms with E-state index < -0.39 is 6.03 Å². The summed E-state index contributed by atoms with van der Waals surface area (Å²) in [6, 6.07) is 13.2. The zero-order valence-corrected chi connectivity index (χ0v) is 17.8. The van der Waals surface area contributed by atoms with Crippen LogP contribution in [0.3, 0.4) is 0 Å². The minimum Gasteiger partial charge on any atom is -0.495 e. The second-order valence-electron chi connectivity index (χ2n) is 8.00. The van der Waals surface area contributed by atoms with Gasteiger partial charge in [0.1, 0.15) is 5.75 Å². The van der Waals surface area contributed by atoms with Gasteiger partial charge in [0.25, 0.3) is 0 Å². The Morgan fingerprint density at radius 2 is 2.07 bits per heavy atom. The number of anilines is 2. The summed E-state index contributed by atoms with van der Waals surface area (Å²) in [4.78, 5) is 14.6. The summed E-state index contributed by atoms with van der Waals surface area (Å²) in [5.74, 6) is 1.07. The monoisotopic (exact) mass is 394 g/mol. The van der Waals surface area contributed by atoms with Crippen LogP contribution in [0.1, 0.15) is 51.2 Å². The molecule has 0 radical (unpaired) electrons. The number of rotatable bonds is 5. The van der Waals surface area contributed by atoms with E-state index in [0.29, 0.717) is 17.4 Å². The van der Waals surface area contributed by atoms with Gasteiger partial charge in [-0.3, -0.25) is 0 Å². The Kier molecular flexibility index (Phi) is 6.11. The summed E-state index contributed by atoms with van der Waals surface area (Å²) in [6.07, 6.45) is 2.78. The van der Waals surface area contributed by atoms with Crippen molar-refractivity contribution in [3.63, 3.8) is 0 Å². The molecule has 0 fully saturated rings. The number of fused-ring (bicyclic) bond motifs is 1. The molecule has 2 amide bonds. The van der Waals surface area contributed by atoms with Gasteiger partial charge >= 0.3 is 6.03 Å². The molecule has 2 aromatic carbocycles. The first-order valence-corrected chi connectivity index (χ1v) is 10.0. The summed E-state index contributed by atoms with van der Waals surface area (Å²) in [5.41, 5.74) is 6.82. The number of methoxy groups -OCH3 is 1. The lowest BCUT2D eigenvalue weighted by atomic mass is 9.79. The van der Waals surface area contributed by atoms with Gasteiger partial charge in [-0.15, -0.1) is 0 Å². The molecule has 3 rings (SSSR count). The quantitative estimate of drug-likeness (QED) is 0.556. The number of para-hydroxylation sites is 2. The van der Waals surface area contributed by atoms with Crippen LogP contribution in [-0.2, 0) is 0 Å². The predicted octanol–water partition coefficient (Wildman–Crippen LogP) is 4.96. The molecule has 0 bridgehead atoms. The number of benzene rings is 2. The smallest absolute Gasteiger partial charge is 0.339 e. The number of carbonyl (C=O) groups excluding carboxylic acids is 1. The average molecular weight is 395 g/mol. The maximum absolute atomic E-state index is 12.1. The van der Waals surface area contributed by atoms with Crippen LogP contribution in [0.25, 0.3) is 0 Å². The van der Waals surface area contributed by atoms with Crippen molar-refractivity contribution in [2.24, 2.45) is 5.10 Å². The summed E-state index contributed by atoms with van der Waals surface area (Å²) in [7, 11) is 1.56. The summed E-state index contributed by atoms with van der Waals surface area (Å²) < 4.78 is 5.23. The third-order valence-electron chi connectivity index (χ3n) is 5.46. The van der Waals surface area contributed by atoms with E-state index in [1.165, 1.54) is 11.3 Å². The second-order valence-corrected chi connectivity index (χ2v) is 8.00. The van der Waals surface area contributed by atoms with E-state index in [2.05, 4.69) is 60.6 Å². The highest BCUT2D eigenvalue weighted by Gasteiger charge is 2.35. The molecule has 1 heterocycles. The number of urea groups is 1. The minimum absolute atomic E-state index is 0.148. The van der Waals surface area contributed by atoms with Crippen LogP contribution in [0.5, 0.6) is 5.75 Å². The van der Waals surface area contributed by atoms with Gasteiger partial charge in [0.05, 0.1) is 19.0 Å². The molecule has 1 aliphatic heterocycles. The fourth-order valence-electron chi connectivity index (χ4n) is 4.25. The van der Waals surface area contributed by atoms with Crippen LogP contribution in [0.4, 0.5) is 16.2 Å². The lowest BCUT2D eigenvalue weighted by Crippen LogP contribution is -2.48. The van der Waals surface area contributed by atoms with Gasteiger partial charge < -0.3 is 15.0 Å². The van der Waals surface area contributed by atoms with E-state index >= 15 is 0 Å². The van der Waals surface area contributed by atoms with Crippen molar-refractivity contribution >= 4 is 23.6 Å². The van der Waals surface area contributed by atoms with E-state index in [-0.39, 0.29) is 5.54 Å². The average Bonchev–Trinajstić information content (AvgIpc) is 2.68. The van der Waals surface area contributed by atoms with Crippen molar-refractivity contribution in [2.45, 2.75) is 45.6 Å². The Morgan fingerprint density at radius 3 is 2.79 bits per heavy atom. The third kappa shape index (κ3) is 4.53. The molecular weight excluding hydrogens is 364 g/mol. The maximum Gasteiger partial charge on any atom is 0.339 e. The molecule has 2 N–H and O–H groups in total. The number of nitrogens with zero attached hydrogens (tertiary/aromatic N) is 2. The van der Waals surface area contributed by atoms with Crippen molar-refractivity contribution in [2.75, 3.05) is 23.9 Å². The first kappa shape index (κ1) is 20.7. The Balaban J connectivity index is 1.69. The first-order valence-electron chi connectivity index (χ1n) is 10.0. The van der Waals surface area contributed by atoms with Crippen LogP contribution in [-0.4, -0.2) is 31.4 Å². The zero-order chi connectivity index (χ0) is 21.0. The SMILES string of the molecule is CCN1c2ccc(/C=N/NC(=O)Nc3ccccc3OC)cc2C(C)CC1(C)C. The van der Waals surface area contributed by atoms with Crippen LogP contribution < -0.4 is 20.4 Å². The molecule has 0 saturated carbocycles. The Morgan fingerprint density at radius 1 is 1.31 bits per heavy atom. The lowest BCUT2D eigenvalue weighted by molar-refractivity contribution is 0.252. The van der Waals surface area contributed by atoms with E-state index in [1.54, 1.807) is 25.5 Å². The molecule has 0 aliphatic carbocycles. The fourth-order valence-corrected chi connectivity index (χ4v) is 4.25. The van der Waals surface area contributed by atoms with Crippen molar-refractivity contribution in [1.82, 2.24) is 5.43 Å². The Labute approximate surface area is 172 Å². The van der Waals surface area contributed by atoms with E-state index in [1.807, 2.05) is 18.2 Å². The van der Waals surface area contributed by atoms with Gasteiger partial charge in [0.2, 0.25) is 0 Å². The number of hydrogen-bond acceptors (Lipinski definition) is 4. The lowest BCUT2D eigenvalue weighted by Gasteiger charge is -2.47. The number of carbonyl (C=O) groups is 1. The zero-order valence-electron chi connectivity index (χ0n) is 17.8. The number of nitrogens with one attached hydrogen (secondary N) is 2. The molecule has 0 spiro atoms. The molecule has 1 atom stereocenters. The summed E-state index contributed by atoms with van der Waals surface area (Å²) in [5, 5.41) is 6.83. The molecular formula is C23H30N4O2. The highest BCUT2D eigenvalue weighted by molar-refractivity contribution is 5.92. The van der Waals surface area contributed by atoms with Gasteiger partial charge in [-0.1, -0.05) is 25.1 Å². The Bertz CT molecular complexity index is 908. The van der Waals surface area contributed by atoms with Crippen LogP contribution >= 0.6 is 0 Å². The predicted molar refractivity (Wildman–Crippen MR) is 119 cm³/mol. The second kappa shape index (κ2) is 8.55. The van der Waals surface area contributed by atoms with Crippen molar-refractivity contribution in [3.8, 4) is 5.75 Å². The van der Waals surface area contributed by atoms with Crippen LogP contribution in [0.2, 0.25) is 0 Å². The normalized spacial score (nSPS) is 17.7. The molecule has 154 valence electrons. The van der Waals surface area contributed by atoms with E-state index in [0.717, 1.165) is 18.5 Å². The molecule has 1 unspecified atom stereocenters. The number of hydrogen-bond donors (Lipinski definition) is 2. The summed E-state index contributed by atoms with van der Waals surface area (Å²) >= 11 is 0. The standard InChI is InChI=1S/C23H30N4O2/c1-6-27-20-12-11-17(13-18(20)16(2)14-23(27,3)4)15-24-26-22(28)25-19-9-7-8-10-21(19)29-5/h7-13,15-16H,6,14H2,1-5H3,(H2,25,26,28)/b24-15+. The number of ether oxygens (including phenoxy) is 1. The topological polar surface area (TPSA) is 66.0 Å². The highest BCUT2D eigenvalue weighted by Crippen LogP contribution is 2.43. The molecule has 29 heavy (non-hydrogen) atoms. The number of amides is 2. The van der Waals surface area contributed by atoms with Crippen molar-refractivity contribution in [1.29, 1.82) is 0 Å². The molecule has 0 aromatic heterocycles. The molecule has 2 aromatic rings. The van der Waals surface area contributed by atoms with Gasteiger partial charge in [0, 0.05) is 17.8 Å². The first-order chi connectivity index (χ1) is 13.9. The van der Waals surface area contributed by atoms with Crippen LogP contribution in [0, 0.1) is 0 Å². The Hall–Kier alpha value is -3.02. The van der Waals surface area contributed by atoms with E-state index in [9.17, 15) is 4.79 Å². The van der Waals surface area contributed by atoms with Gasteiger partial charge in [-0.05, 0) is 68.5 Å². The molecule has 6 nitrogen and oxygen atoms in total. The molecule has 6 heteroatoms. The third-order valence-corrected chi connectivity index (χ3v) is 5.46. The largest absolute Gasteiger partial charge is 0.495 e. The number of hydrazone groups is 1. The van der Waals surface area contributed by atoms with Gasteiger partial charge in [-0.2, -0.15) is 5.10 Å². The van der Waals surface area contributed by atoms with Gasteiger partial charge in [-0.25, -0.2) is 10.2 Å². The van der Waals surface area contributed by atoms with Crippen molar-refractivity contribution < 1.29 is 9.53 Å². The van der Waals surface area contributed by atoms with Crippen LogP contribution in [0.15, 0.2) is 47.6 Å². The summed E-state index contributed by atoms with van der Waals surface area (Å²) in [6.45, 7) is 10.0. The van der Waals surface area contributed by atoms with E-state index in [4.69, 9.17) is 4.74 Å². The van der Waals surface area contributed by atoms with Gasteiger partial charge in [0.15, 0.2) is 0 Å².